The Morgan fingerprint density at radius 2 is 1.94 bits per heavy atom. The highest BCUT2D eigenvalue weighted by atomic mass is 16.5. The third-order valence-electron chi connectivity index (χ3n) is 3.05. The summed E-state index contributed by atoms with van der Waals surface area (Å²) in [7, 11) is 3.27. The van der Waals surface area contributed by atoms with Crippen molar-refractivity contribution in [3.05, 3.63) is 29.8 Å². The van der Waals surface area contributed by atoms with Gasteiger partial charge in [-0.3, -0.25) is 0 Å². The zero-order valence-corrected chi connectivity index (χ0v) is 10.7. The maximum Gasteiger partial charge on any atom is 0.331 e. The molecule has 0 heterocycles. The quantitative estimate of drug-likeness (QED) is 0.850. The van der Waals surface area contributed by atoms with E-state index in [1.165, 1.54) is 7.11 Å². The molecule has 1 atom stereocenters. The third kappa shape index (κ3) is 2.77. The molecule has 0 saturated carbocycles. The van der Waals surface area contributed by atoms with Crippen LogP contribution in [0.4, 0.5) is 5.69 Å². The van der Waals surface area contributed by atoms with Gasteiger partial charge in [-0.1, -0.05) is 17.7 Å². The van der Waals surface area contributed by atoms with Crippen molar-refractivity contribution >= 4 is 11.7 Å². The lowest BCUT2D eigenvalue weighted by molar-refractivity contribution is -0.144. The van der Waals surface area contributed by atoms with E-state index in [0.29, 0.717) is 0 Å². The number of anilines is 1. The van der Waals surface area contributed by atoms with Crippen molar-refractivity contribution in [2.24, 2.45) is 0 Å². The first-order valence-electron chi connectivity index (χ1n) is 5.44. The van der Waals surface area contributed by atoms with Crippen LogP contribution in [0.5, 0.6) is 0 Å². The second kappa shape index (κ2) is 5.19. The lowest BCUT2D eigenvalue weighted by atomic mass is 10.0. The molecule has 0 saturated heterocycles. The molecule has 0 fully saturated rings. The summed E-state index contributed by atoms with van der Waals surface area (Å²) in [6.45, 7) is 3.78. The van der Waals surface area contributed by atoms with Gasteiger partial charge in [0.1, 0.15) is 0 Å². The average molecular weight is 237 g/mol. The fraction of sp³-hybridized carbons (Fsp3) is 0.462. The minimum atomic E-state index is -1.07. The number of benzene rings is 1. The summed E-state index contributed by atoms with van der Waals surface area (Å²) in [5, 5.41) is 9.33. The zero-order chi connectivity index (χ0) is 13.1. The number of ether oxygens (including phenoxy) is 1. The van der Waals surface area contributed by atoms with Crippen molar-refractivity contribution in [1.29, 1.82) is 0 Å². The van der Waals surface area contributed by atoms with Gasteiger partial charge in [-0.05, 0) is 26.0 Å². The number of hydrogen-bond acceptors (Lipinski definition) is 3. The highest BCUT2D eigenvalue weighted by molar-refractivity contribution is 5.83. The molecule has 0 amide bonds. The SMILES string of the molecule is COCC(C)(C(=O)O)N(C)c1ccc(C)cc1. The van der Waals surface area contributed by atoms with Gasteiger partial charge in [-0.15, -0.1) is 0 Å². The Hall–Kier alpha value is -1.55. The third-order valence-corrected chi connectivity index (χ3v) is 3.05. The topological polar surface area (TPSA) is 49.8 Å². The van der Waals surface area contributed by atoms with E-state index < -0.39 is 11.5 Å². The zero-order valence-electron chi connectivity index (χ0n) is 10.7. The second-order valence-corrected chi connectivity index (χ2v) is 4.41. The molecule has 0 aliphatic heterocycles. The standard InChI is InChI=1S/C13H19NO3/c1-10-5-7-11(8-6-10)14(3)13(2,9-17-4)12(15)16/h5-8H,9H2,1-4H3,(H,15,16). The molecular formula is C13H19NO3. The van der Waals surface area contributed by atoms with E-state index in [9.17, 15) is 9.90 Å². The number of nitrogens with zero attached hydrogens (tertiary/aromatic N) is 1. The second-order valence-electron chi connectivity index (χ2n) is 4.41. The van der Waals surface area contributed by atoms with E-state index in [1.54, 1.807) is 18.9 Å². The summed E-state index contributed by atoms with van der Waals surface area (Å²) in [5.41, 5.74) is 0.938. The molecule has 1 N–H and O–H groups in total. The smallest absolute Gasteiger partial charge is 0.331 e. The van der Waals surface area contributed by atoms with Crippen molar-refractivity contribution in [3.8, 4) is 0 Å². The summed E-state index contributed by atoms with van der Waals surface area (Å²) in [6.07, 6.45) is 0. The Kier molecular flexibility index (Phi) is 4.12. The molecule has 0 aliphatic rings. The van der Waals surface area contributed by atoms with Crippen LogP contribution in [-0.2, 0) is 9.53 Å². The Labute approximate surface area is 102 Å². The van der Waals surface area contributed by atoms with E-state index in [-0.39, 0.29) is 6.61 Å². The molecule has 0 aromatic heterocycles. The molecule has 1 unspecified atom stereocenters. The number of aryl methyl sites for hydroxylation is 1. The number of carboxylic acid groups (broad SMARTS) is 1. The predicted molar refractivity (Wildman–Crippen MR) is 67.5 cm³/mol. The van der Waals surface area contributed by atoms with Crippen LogP contribution in [0.1, 0.15) is 12.5 Å². The minimum Gasteiger partial charge on any atom is -0.479 e. The van der Waals surface area contributed by atoms with Crippen LogP contribution < -0.4 is 4.90 Å². The van der Waals surface area contributed by atoms with Gasteiger partial charge in [-0.2, -0.15) is 0 Å². The van der Waals surface area contributed by atoms with Gasteiger partial charge >= 0.3 is 5.97 Å². The minimum absolute atomic E-state index is 0.132. The van der Waals surface area contributed by atoms with Crippen molar-refractivity contribution in [2.45, 2.75) is 19.4 Å². The Morgan fingerprint density at radius 3 is 2.35 bits per heavy atom. The summed E-state index contributed by atoms with van der Waals surface area (Å²) in [6, 6.07) is 7.74. The van der Waals surface area contributed by atoms with Gasteiger partial charge in [0, 0.05) is 19.8 Å². The van der Waals surface area contributed by atoms with E-state index in [0.717, 1.165) is 11.3 Å². The number of likely N-dealkylation sites (N-methyl/N-ethyl adjacent to an activating group) is 1. The molecule has 0 aliphatic carbocycles. The first-order valence-corrected chi connectivity index (χ1v) is 5.44. The van der Waals surface area contributed by atoms with Gasteiger partial charge in [0.15, 0.2) is 5.54 Å². The Morgan fingerprint density at radius 1 is 1.41 bits per heavy atom. The molecule has 1 aromatic rings. The van der Waals surface area contributed by atoms with Gasteiger partial charge in [-0.25, -0.2) is 4.79 Å². The van der Waals surface area contributed by atoms with Gasteiger partial charge < -0.3 is 14.7 Å². The Bertz CT molecular complexity index is 388. The van der Waals surface area contributed by atoms with Crippen LogP contribution in [0.15, 0.2) is 24.3 Å². The van der Waals surface area contributed by atoms with Crippen molar-refractivity contribution < 1.29 is 14.6 Å². The Balaban J connectivity index is 3.03. The van der Waals surface area contributed by atoms with E-state index in [1.807, 2.05) is 31.2 Å². The molecular weight excluding hydrogens is 218 g/mol. The predicted octanol–water partition coefficient (Wildman–Crippen LogP) is 1.92. The lowest BCUT2D eigenvalue weighted by Crippen LogP contribution is -2.54. The van der Waals surface area contributed by atoms with E-state index in [4.69, 9.17) is 4.74 Å². The molecule has 4 nitrogen and oxygen atoms in total. The number of hydrogen-bond donors (Lipinski definition) is 1. The number of carboxylic acids is 1. The largest absolute Gasteiger partial charge is 0.479 e. The van der Waals surface area contributed by atoms with Crippen molar-refractivity contribution in [2.75, 3.05) is 25.7 Å². The average Bonchev–Trinajstić information content (AvgIpc) is 2.29. The maximum atomic E-state index is 11.4. The molecule has 0 spiro atoms. The summed E-state index contributed by atoms with van der Waals surface area (Å²) < 4.78 is 5.01. The molecule has 94 valence electrons. The van der Waals surface area contributed by atoms with Crippen LogP contribution in [0.2, 0.25) is 0 Å². The summed E-state index contributed by atoms with van der Waals surface area (Å²) in [5.74, 6) is -0.901. The van der Waals surface area contributed by atoms with E-state index in [2.05, 4.69) is 0 Å². The highest BCUT2D eigenvalue weighted by Crippen LogP contribution is 2.23. The van der Waals surface area contributed by atoms with Crippen LogP contribution in [-0.4, -0.2) is 37.4 Å². The molecule has 17 heavy (non-hydrogen) atoms. The molecule has 1 rings (SSSR count). The molecule has 1 aromatic carbocycles. The summed E-state index contributed by atoms with van der Waals surface area (Å²) in [4.78, 5) is 13.1. The number of carbonyl (C=O) groups is 1. The highest BCUT2D eigenvalue weighted by Gasteiger charge is 2.38. The van der Waals surface area contributed by atoms with E-state index >= 15 is 0 Å². The summed E-state index contributed by atoms with van der Waals surface area (Å²) >= 11 is 0. The van der Waals surface area contributed by atoms with Gasteiger partial charge in [0.05, 0.1) is 6.61 Å². The molecule has 0 radical (unpaired) electrons. The van der Waals surface area contributed by atoms with Crippen LogP contribution in [0.25, 0.3) is 0 Å². The van der Waals surface area contributed by atoms with Gasteiger partial charge in [0.2, 0.25) is 0 Å². The monoisotopic (exact) mass is 237 g/mol. The van der Waals surface area contributed by atoms with Crippen LogP contribution in [0.3, 0.4) is 0 Å². The molecule has 0 bridgehead atoms. The fourth-order valence-corrected chi connectivity index (χ4v) is 1.64. The first-order chi connectivity index (χ1) is 7.91. The number of rotatable bonds is 5. The van der Waals surface area contributed by atoms with Crippen LogP contribution in [0, 0.1) is 6.92 Å². The first kappa shape index (κ1) is 13.5. The number of aliphatic carboxylic acids is 1. The van der Waals surface area contributed by atoms with Crippen molar-refractivity contribution in [3.63, 3.8) is 0 Å². The van der Waals surface area contributed by atoms with Gasteiger partial charge in [0.25, 0.3) is 0 Å². The fourth-order valence-electron chi connectivity index (χ4n) is 1.64. The maximum absolute atomic E-state index is 11.4. The normalized spacial score (nSPS) is 14.1. The van der Waals surface area contributed by atoms with Crippen LogP contribution >= 0.6 is 0 Å². The number of methoxy groups -OCH3 is 1. The van der Waals surface area contributed by atoms with Crippen molar-refractivity contribution in [1.82, 2.24) is 0 Å². The lowest BCUT2D eigenvalue weighted by Gasteiger charge is -2.36. The molecule has 4 heteroatoms.